The Morgan fingerprint density at radius 3 is 2.81 bits per heavy atom. The van der Waals surface area contributed by atoms with Crippen molar-refractivity contribution in [3.8, 4) is 5.75 Å². The van der Waals surface area contributed by atoms with Crippen molar-refractivity contribution in [3.05, 3.63) is 71.2 Å². The Bertz CT molecular complexity index is 968. The van der Waals surface area contributed by atoms with Crippen LogP contribution in [0, 0.1) is 0 Å². The summed E-state index contributed by atoms with van der Waals surface area (Å²) in [5.74, 6) is -0.718. The van der Waals surface area contributed by atoms with Gasteiger partial charge in [-0.15, -0.1) is 0 Å². The summed E-state index contributed by atoms with van der Waals surface area (Å²) < 4.78 is 5.21. The van der Waals surface area contributed by atoms with Crippen LogP contribution in [-0.4, -0.2) is 39.3 Å². The van der Waals surface area contributed by atoms with Gasteiger partial charge in [0, 0.05) is 18.0 Å². The lowest BCUT2D eigenvalue weighted by Gasteiger charge is -2.04. The van der Waals surface area contributed by atoms with E-state index in [1.54, 1.807) is 13.2 Å². The minimum Gasteiger partial charge on any atom is -0.497 e. The number of carboxylic acids is 1. The smallest absolute Gasteiger partial charge is 0.355 e. The molecule has 1 aromatic carbocycles. The van der Waals surface area contributed by atoms with E-state index in [9.17, 15) is 9.59 Å². The van der Waals surface area contributed by atoms with E-state index in [2.05, 4.69) is 20.5 Å². The van der Waals surface area contributed by atoms with Crippen molar-refractivity contribution in [3.63, 3.8) is 0 Å². The van der Waals surface area contributed by atoms with Gasteiger partial charge in [0.15, 0.2) is 11.5 Å². The lowest BCUT2D eigenvalue weighted by Crippen LogP contribution is -2.17. The van der Waals surface area contributed by atoms with E-state index in [1.807, 2.05) is 24.3 Å². The lowest BCUT2D eigenvalue weighted by atomic mass is 10.1. The Kier molecular flexibility index (Phi) is 5.46. The standard InChI is InChI=1S/C19H18N4O4/c1-27-14-5-2-4-12(10-14)7-8-13-11-16(23-22-13)21-18(24)15-6-3-9-20-17(15)19(25)26/h2-6,9-11H,7-8H2,1H3,(H,25,26)(H2,21,22,23,24). The summed E-state index contributed by atoms with van der Waals surface area (Å²) in [5.41, 5.74) is 1.64. The molecule has 0 aliphatic heterocycles. The summed E-state index contributed by atoms with van der Waals surface area (Å²) in [6.45, 7) is 0. The maximum Gasteiger partial charge on any atom is 0.355 e. The second-order valence-electron chi connectivity index (χ2n) is 5.79. The van der Waals surface area contributed by atoms with Crippen LogP contribution in [0.3, 0.4) is 0 Å². The number of anilines is 1. The number of aromatic nitrogens is 3. The molecule has 0 saturated heterocycles. The van der Waals surface area contributed by atoms with Crippen LogP contribution in [0.25, 0.3) is 0 Å². The quantitative estimate of drug-likeness (QED) is 0.591. The number of carboxylic acid groups (broad SMARTS) is 1. The number of ether oxygens (including phenoxy) is 1. The predicted molar refractivity (Wildman–Crippen MR) is 98.1 cm³/mol. The van der Waals surface area contributed by atoms with Crippen LogP contribution in [0.15, 0.2) is 48.7 Å². The van der Waals surface area contributed by atoms with Gasteiger partial charge in [0.2, 0.25) is 0 Å². The molecule has 2 aromatic heterocycles. The Morgan fingerprint density at radius 2 is 2.04 bits per heavy atom. The van der Waals surface area contributed by atoms with Crippen molar-refractivity contribution in [1.29, 1.82) is 0 Å². The normalized spacial score (nSPS) is 10.4. The Labute approximate surface area is 155 Å². The first-order valence-corrected chi connectivity index (χ1v) is 8.23. The van der Waals surface area contributed by atoms with Gasteiger partial charge in [0.1, 0.15) is 5.75 Å². The number of hydrogen-bond acceptors (Lipinski definition) is 5. The number of rotatable bonds is 7. The number of carbonyl (C=O) groups excluding carboxylic acids is 1. The highest BCUT2D eigenvalue weighted by molar-refractivity contribution is 6.09. The molecule has 3 N–H and O–H groups in total. The van der Waals surface area contributed by atoms with Crippen LogP contribution in [0.2, 0.25) is 0 Å². The lowest BCUT2D eigenvalue weighted by molar-refractivity contribution is 0.0686. The highest BCUT2D eigenvalue weighted by Gasteiger charge is 2.18. The zero-order chi connectivity index (χ0) is 19.2. The van der Waals surface area contributed by atoms with Crippen molar-refractivity contribution < 1.29 is 19.4 Å². The number of methoxy groups -OCH3 is 1. The van der Waals surface area contributed by atoms with E-state index in [-0.39, 0.29) is 11.3 Å². The fourth-order valence-electron chi connectivity index (χ4n) is 2.60. The molecule has 0 saturated carbocycles. The van der Waals surface area contributed by atoms with Crippen molar-refractivity contribution in [2.24, 2.45) is 0 Å². The van der Waals surface area contributed by atoms with Gasteiger partial charge in [0.25, 0.3) is 5.91 Å². The third-order valence-corrected chi connectivity index (χ3v) is 3.94. The first-order chi connectivity index (χ1) is 13.1. The second kappa shape index (κ2) is 8.13. The summed E-state index contributed by atoms with van der Waals surface area (Å²) in [6, 6.07) is 12.4. The summed E-state index contributed by atoms with van der Waals surface area (Å²) in [7, 11) is 1.63. The number of nitrogens with one attached hydrogen (secondary N) is 2. The van der Waals surface area contributed by atoms with Crippen molar-refractivity contribution >= 4 is 17.7 Å². The van der Waals surface area contributed by atoms with E-state index in [1.165, 1.54) is 18.3 Å². The fraction of sp³-hybridized carbons (Fsp3) is 0.158. The monoisotopic (exact) mass is 366 g/mol. The summed E-state index contributed by atoms with van der Waals surface area (Å²) >= 11 is 0. The Balaban J connectivity index is 1.64. The number of nitrogens with zero attached hydrogens (tertiary/aromatic N) is 2. The van der Waals surface area contributed by atoms with E-state index in [0.29, 0.717) is 12.2 Å². The molecule has 0 atom stereocenters. The highest BCUT2D eigenvalue weighted by atomic mass is 16.5. The molecular formula is C19H18N4O4. The maximum atomic E-state index is 12.3. The Morgan fingerprint density at radius 1 is 1.19 bits per heavy atom. The van der Waals surface area contributed by atoms with Gasteiger partial charge in [-0.2, -0.15) is 5.10 Å². The average Bonchev–Trinajstić information content (AvgIpc) is 3.13. The number of aromatic carboxylic acids is 1. The van der Waals surface area contributed by atoms with Gasteiger partial charge in [0.05, 0.1) is 12.7 Å². The molecule has 3 aromatic rings. The first-order valence-electron chi connectivity index (χ1n) is 8.23. The third-order valence-electron chi connectivity index (χ3n) is 3.94. The van der Waals surface area contributed by atoms with Crippen LogP contribution in [-0.2, 0) is 12.8 Å². The van der Waals surface area contributed by atoms with E-state index in [4.69, 9.17) is 9.84 Å². The molecule has 8 heteroatoms. The second-order valence-corrected chi connectivity index (χ2v) is 5.79. The zero-order valence-electron chi connectivity index (χ0n) is 14.6. The molecule has 0 bridgehead atoms. The molecule has 138 valence electrons. The molecular weight excluding hydrogens is 348 g/mol. The topological polar surface area (TPSA) is 117 Å². The molecule has 8 nitrogen and oxygen atoms in total. The van der Waals surface area contributed by atoms with Gasteiger partial charge in [-0.3, -0.25) is 9.89 Å². The van der Waals surface area contributed by atoms with E-state index < -0.39 is 11.9 Å². The number of benzene rings is 1. The van der Waals surface area contributed by atoms with Gasteiger partial charge in [-0.05, 0) is 42.7 Å². The molecule has 0 spiro atoms. The minimum absolute atomic E-state index is 0.0223. The van der Waals surface area contributed by atoms with Gasteiger partial charge >= 0.3 is 5.97 Å². The minimum atomic E-state index is -1.26. The molecule has 0 unspecified atom stereocenters. The molecule has 0 aliphatic rings. The van der Waals surface area contributed by atoms with Crippen molar-refractivity contribution in [2.45, 2.75) is 12.8 Å². The van der Waals surface area contributed by atoms with Gasteiger partial charge in [-0.25, -0.2) is 9.78 Å². The largest absolute Gasteiger partial charge is 0.497 e. The summed E-state index contributed by atoms with van der Waals surface area (Å²) in [5, 5.41) is 18.6. The SMILES string of the molecule is COc1cccc(CCc2cc(NC(=O)c3cccnc3C(=O)O)n[nH]2)c1. The summed E-state index contributed by atoms with van der Waals surface area (Å²) in [4.78, 5) is 27.2. The van der Waals surface area contributed by atoms with Gasteiger partial charge < -0.3 is 15.2 Å². The number of hydrogen-bond donors (Lipinski definition) is 3. The first kappa shape index (κ1) is 18.1. The van der Waals surface area contributed by atoms with E-state index in [0.717, 1.165) is 23.4 Å². The van der Waals surface area contributed by atoms with Crippen LogP contribution >= 0.6 is 0 Å². The van der Waals surface area contributed by atoms with Crippen LogP contribution in [0.1, 0.15) is 32.1 Å². The molecule has 0 aliphatic carbocycles. The van der Waals surface area contributed by atoms with Crippen molar-refractivity contribution in [2.75, 3.05) is 12.4 Å². The number of pyridine rings is 1. The number of H-pyrrole nitrogens is 1. The molecule has 3 rings (SSSR count). The summed E-state index contributed by atoms with van der Waals surface area (Å²) in [6.07, 6.45) is 2.80. The molecule has 2 heterocycles. The third kappa shape index (κ3) is 4.49. The number of carbonyl (C=O) groups is 2. The molecule has 0 fully saturated rings. The molecule has 1 amide bonds. The molecule has 0 radical (unpaired) electrons. The number of aryl methyl sites for hydroxylation is 2. The maximum absolute atomic E-state index is 12.3. The van der Waals surface area contributed by atoms with Crippen molar-refractivity contribution in [1.82, 2.24) is 15.2 Å². The average molecular weight is 366 g/mol. The Hall–Kier alpha value is -3.68. The van der Waals surface area contributed by atoms with Gasteiger partial charge in [-0.1, -0.05) is 12.1 Å². The van der Waals surface area contributed by atoms with Crippen LogP contribution in [0.5, 0.6) is 5.75 Å². The van der Waals surface area contributed by atoms with Crippen LogP contribution in [0.4, 0.5) is 5.82 Å². The zero-order valence-corrected chi connectivity index (χ0v) is 14.6. The van der Waals surface area contributed by atoms with Crippen LogP contribution < -0.4 is 10.1 Å². The number of amides is 1. The number of aromatic amines is 1. The van der Waals surface area contributed by atoms with E-state index >= 15 is 0 Å². The highest BCUT2D eigenvalue weighted by Crippen LogP contribution is 2.16. The predicted octanol–water partition coefficient (Wildman–Crippen LogP) is 2.55. The molecule has 27 heavy (non-hydrogen) atoms. The fourth-order valence-corrected chi connectivity index (χ4v) is 2.60.